The van der Waals surface area contributed by atoms with E-state index in [-0.39, 0.29) is 23.3 Å². The Morgan fingerprint density at radius 2 is 1.85 bits per heavy atom. The second-order valence-corrected chi connectivity index (χ2v) is 8.55. The smallest absolute Gasteiger partial charge is 0.242 e. The number of nitrogens with zero attached hydrogens (tertiary/aromatic N) is 1. The second kappa shape index (κ2) is 7.47. The molecule has 0 fully saturated rings. The molecule has 3 rings (SSSR count). The molecule has 1 atom stereocenters. The largest absolute Gasteiger partial charge is 0.492 e. The van der Waals surface area contributed by atoms with Gasteiger partial charge in [0, 0.05) is 20.6 Å². The molecule has 1 aliphatic heterocycles. The Morgan fingerprint density at radius 3 is 2.62 bits per heavy atom. The van der Waals surface area contributed by atoms with Crippen LogP contribution < -0.4 is 10.1 Å². The van der Waals surface area contributed by atoms with Gasteiger partial charge in [-0.2, -0.15) is 0 Å². The van der Waals surface area contributed by atoms with Crippen molar-refractivity contribution < 1.29 is 17.9 Å². The van der Waals surface area contributed by atoms with Gasteiger partial charge in [0.15, 0.2) is 0 Å². The zero-order valence-electron chi connectivity index (χ0n) is 14.8. The SMILES string of the molecule is CN(C)S(=O)(=O)c1ccccc1CNC(=O)C1COc2ccccc2C1. The van der Waals surface area contributed by atoms with E-state index >= 15 is 0 Å². The van der Waals surface area contributed by atoms with Crippen molar-refractivity contribution in [1.29, 1.82) is 0 Å². The summed E-state index contributed by atoms with van der Waals surface area (Å²) in [4.78, 5) is 12.7. The molecule has 0 saturated carbocycles. The Bertz CT molecular complexity index is 909. The number of sulfonamides is 1. The molecule has 1 aliphatic rings. The molecule has 2 aromatic rings. The van der Waals surface area contributed by atoms with Crippen molar-refractivity contribution in [3.8, 4) is 5.75 Å². The van der Waals surface area contributed by atoms with Crippen LogP contribution in [0.3, 0.4) is 0 Å². The highest BCUT2D eigenvalue weighted by atomic mass is 32.2. The normalized spacial score (nSPS) is 16.7. The molecule has 1 heterocycles. The highest BCUT2D eigenvalue weighted by Gasteiger charge is 2.26. The van der Waals surface area contributed by atoms with Crippen LogP contribution >= 0.6 is 0 Å². The van der Waals surface area contributed by atoms with Crippen LogP contribution in [0, 0.1) is 5.92 Å². The van der Waals surface area contributed by atoms with Crippen LogP contribution in [0.5, 0.6) is 5.75 Å². The van der Waals surface area contributed by atoms with Gasteiger partial charge in [0.2, 0.25) is 15.9 Å². The van der Waals surface area contributed by atoms with E-state index in [1.54, 1.807) is 24.3 Å². The van der Waals surface area contributed by atoms with E-state index in [2.05, 4.69) is 5.32 Å². The fourth-order valence-corrected chi connectivity index (χ4v) is 4.04. The summed E-state index contributed by atoms with van der Waals surface area (Å²) in [6, 6.07) is 14.4. The Morgan fingerprint density at radius 1 is 1.15 bits per heavy atom. The van der Waals surface area contributed by atoms with Crippen molar-refractivity contribution >= 4 is 15.9 Å². The van der Waals surface area contributed by atoms with Crippen molar-refractivity contribution in [1.82, 2.24) is 9.62 Å². The quantitative estimate of drug-likeness (QED) is 0.866. The van der Waals surface area contributed by atoms with E-state index in [0.717, 1.165) is 11.3 Å². The van der Waals surface area contributed by atoms with Gasteiger partial charge in [0.05, 0.1) is 10.8 Å². The van der Waals surface area contributed by atoms with Gasteiger partial charge in [-0.1, -0.05) is 36.4 Å². The van der Waals surface area contributed by atoms with Crippen molar-refractivity contribution in [3.63, 3.8) is 0 Å². The number of benzene rings is 2. The van der Waals surface area contributed by atoms with Gasteiger partial charge in [0.1, 0.15) is 12.4 Å². The van der Waals surface area contributed by atoms with Crippen molar-refractivity contribution in [2.24, 2.45) is 5.92 Å². The van der Waals surface area contributed by atoms with Gasteiger partial charge in [-0.15, -0.1) is 0 Å². The summed E-state index contributed by atoms with van der Waals surface area (Å²) in [5.74, 6) is 0.387. The molecule has 2 aromatic carbocycles. The Hall–Kier alpha value is -2.38. The first-order valence-corrected chi connectivity index (χ1v) is 9.82. The predicted octanol–water partition coefficient (Wildman–Crippen LogP) is 1.80. The molecule has 0 spiro atoms. The zero-order valence-corrected chi connectivity index (χ0v) is 15.6. The second-order valence-electron chi connectivity index (χ2n) is 6.43. The van der Waals surface area contributed by atoms with Gasteiger partial charge in [-0.3, -0.25) is 4.79 Å². The molecule has 0 aliphatic carbocycles. The number of nitrogens with one attached hydrogen (secondary N) is 1. The van der Waals surface area contributed by atoms with Crippen LogP contribution in [0.15, 0.2) is 53.4 Å². The summed E-state index contributed by atoms with van der Waals surface area (Å²) < 4.78 is 31.7. The molecular weight excluding hydrogens is 352 g/mol. The highest BCUT2D eigenvalue weighted by molar-refractivity contribution is 7.89. The van der Waals surface area contributed by atoms with Crippen molar-refractivity contribution in [3.05, 3.63) is 59.7 Å². The van der Waals surface area contributed by atoms with E-state index in [1.165, 1.54) is 18.4 Å². The average molecular weight is 374 g/mol. The first-order valence-electron chi connectivity index (χ1n) is 8.38. The molecule has 6 nitrogen and oxygen atoms in total. The van der Waals surface area contributed by atoms with E-state index < -0.39 is 10.0 Å². The molecule has 0 radical (unpaired) electrons. The maximum atomic E-state index is 12.5. The lowest BCUT2D eigenvalue weighted by atomic mass is 9.96. The number of carbonyl (C=O) groups is 1. The summed E-state index contributed by atoms with van der Waals surface area (Å²) in [7, 11) is -0.588. The summed E-state index contributed by atoms with van der Waals surface area (Å²) in [6.07, 6.45) is 0.611. The molecule has 1 N–H and O–H groups in total. The van der Waals surface area contributed by atoms with E-state index in [4.69, 9.17) is 4.74 Å². The molecule has 0 aromatic heterocycles. The number of hydrogen-bond acceptors (Lipinski definition) is 4. The molecular formula is C19H22N2O4S. The van der Waals surface area contributed by atoms with Crippen molar-refractivity contribution in [2.75, 3.05) is 20.7 Å². The average Bonchev–Trinajstić information content (AvgIpc) is 2.65. The molecule has 138 valence electrons. The highest BCUT2D eigenvalue weighted by Crippen LogP contribution is 2.27. The number of para-hydroxylation sites is 1. The molecule has 26 heavy (non-hydrogen) atoms. The molecule has 0 saturated heterocycles. The number of carbonyl (C=O) groups excluding carboxylic acids is 1. The van der Waals surface area contributed by atoms with Gasteiger partial charge in [-0.25, -0.2) is 12.7 Å². The summed E-state index contributed by atoms with van der Waals surface area (Å²) in [5.41, 5.74) is 1.57. The third-order valence-electron chi connectivity index (χ3n) is 4.43. The predicted molar refractivity (Wildman–Crippen MR) is 98.3 cm³/mol. The maximum Gasteiger partial charge on any atom is 0.242 e. The van der Waals surface area contributed by atoms with Gasteiger partial charge in [0.25, 0.3) is 0 Å². The van der Waals surface area contributed by atoms with Crippen molar-refractivity contribution in [2.45, 2.75) is 17.9 Å². The van der Waals surface area contributed by atoms with Crippen LogP contribution in [-0.4, -0.2) is 39.3 Å². The van der Waals surface area contributed by atoms with Crippen LogP contribution in [0.1, 0.15) is 11.1 Å². The van der Waals surface area contributed by atoms with Gasteiger partial charge >= 0.3 is 0 Å². The van der Waals surface area contributed by atoms with Crippen LogP contribution in [-0.2, 0) is 27.8 Å². The summed E-state index contributed by atoms with van der Waals surface area (Å²) in [5, 5.41) is 2.85. The lowest BCUT2D eigenvalue weighted by molar-refractivity contribution is -0.126. The lowest BCUT2D eigenvalue weighted by Gasteiger charge is -2.24. The van der Waals surface area contributed by atoms with Crippen LogP contribution in [0.4, 0.5) is 0 Å². The molecule has 1 unspecified atom stereocenters. The number of rotatable bonds is 5. The molecule has 1 amide bonds. The van der Waals surface area contributed by atoms with Crippen LogP contribution in [0.25, 0.3) is 0 Å². The standard InChI is InChI=1S/C19H22N2O4S/c1-21(2)26(23,24)18-10-6-4-8-15(18)12-20-19(22)16-11-14-7-3-5-9-17(14)25-13-16/h3-10,16H,11-13H2,1-2H3,(H,20,22). The Kier molecular flexibility index (Phi) is 5.29. The topological polar surface area (TPSA) is 75.7 Å². The van der Waals surface area contributed by atoms with E-state index in [0.29, 0.717) is 18.6 Å². The number of amides is 1. The third kappa shape index (κ3) is 3.73. The van der Waals surface area contributed by atoms with E-state index in [1.807, 2.05) is 24.3 Å². The number of ether oxygens (including phenoxy) is 1. The zero-order chi connectivity index (χ0) is 18.7. The Balaban J connectivity index is 1.70. The first kappa shape index (κ1) is 18.4. The summed E-state index contributed by atoms with van der Waals surface area (Å²) in [6.45, 7) is 0.473. The Labute approximate surface area is 153 Å². The van der Waals surface area contributed by atoms with Gasteiger partial charge in [-0.05, 0) is 29.7 Å². The third-order valence-corrected chi connectivity index (χ3v) is 6.35. The molecule has 0 bridgehead atoms. The minimum absolute atomic E-state index is 0.142. The number of fused-ring (bicyclic) bond motifs is 1. The summed E-state index contributed by atoms with van der Waals surface area (Å²) >= 11 is 0. The fourth-order valence-electron chi connectivity index (χ4n) is 2.92. The van der Waals surface area contributed by atoms with Gasteiger partial charge < -0.3 is 10.1 Å². The van der Waals surface area contributed by atoms with E-state index in [9.17, 15) is 13.2 Å². The fraction of sp³-hybridized carbons (Fsp3) is 0.316. The van der Waals surface area contributed by atoms with Crippen LogP contribution in [0.2, 0.25) is 0 Å². The monoisotopic (exact) mass is 374 g/mol. The lowest BCUT2D eigenvalue weighted by Crippen LogP contribution is -2.37. The first-order chi connectivity index (χ1) is 12.4. The maximum absolute atomic E-state index is 12.5. The molecule has 7 heteroatoms. The minimum atomic E-state index is -3.56. The number of hydrogen-bond donors (Lipinski definition) is 1. The minimum Gasteiger partial charge on any atom is -0.492 e.